The highest BCUT2D eigenvalue weighted by Gasteiger charge is 2.05. The molecule has 0 aliphatic carbocycles. The number of aliphatic carboxylic acids is 1. The van der Waals surface area contributed by atoms with E-state index < -0.39 is 5.97 Å². The first-order chi connectivity index (χ1) is 8.18. The Labute approximate surface area is 99.2 Å². The molecular formula is C13H15NO3. The number of carboxylic acids is 1. The quantitative estimate of drug-likeness (QED) is 0.780. The third-order valence-electron chi connectivity index (χ3n) is 2.75. The number of hydrogen-bond acceptors (Lipinski definition) is 2. The summed E-state index contributed by atoms with van der Waals surface area (Å²) in [6.07, 6.45) is 2.57. The molecule has 0 saturated heterocycles. The largest absolute Gasteiger partial charge is 0.493 e. The van der Waals surface area contributed by atoms with Gasteiger partial charge in [0.1, 0.15) is 5.75 Å². The molecule has 0 spiro atoms. The zero-order valence-corrected chi connectivity index (χ0v) is 9.69. The molecule has 0 bridgehead atoms. The number of rotatable bonds is 5. The van der Waals surface area contributed by atoms with Crippen LogP contribution in [0.2, 0.25) is 0 Å². The van der Waals surface area contributed by atoms with E-state index >= 15 is 0 Å². The van der Waals surface area contributed by atoms with Crippen molar-refractivity contribution >= 4 is 16.9 Å². The number of carboxylic acid groups (broad SMARTS) is 1. The summed E-state index contributed by atoms with van der Waals surface area (Å²) in [5.74, 6) is 0.0360. The Morgan fingerprint density at radius 2 is 2.24 bits per heavy atom. The Balaban J connectivity index is 2.03. The molecule has 90 valence electrons. The summed E-state index contributed by atoms with van der Waals surface area (Å²) < 4.78 is 5.59. The summed E-state index contributed by atoms with van der Waals surface area (Å²) >= 11 is 0. The van der Waals surface area contributed by atoms with E-state index in [9.17, 15) is 4.79 Å². The molecule has 0 saturated carbocycles. The van der Waals surface area contributed by atoms with Crippen LogP contribution in [0.1, 0.15) is 18.4 Å². The summed E-state index contributed by atoms with van der Waals surface area (Å²) in [4.78, 5) is 13.5. The van der Waals surface area contributed by atoms with E-state index in [4.69, 9.17) is 9.84 Å². The van der Waals surface area contributed by atoms with E-state index in [0.717, 1.165) is 22.2 Å². The van der Waals surface area contributed by atoms with Crippen molar-refractivity contribution in [2.24, 2.45) is 0 Å². The number of ether oxygens (including phenoxy) is 1. The van der Waals surface area contributed by atoms with Gasteiger partial charge in [0.05, 0.1) is 6.61 Å². The van der Waals surface area contributed by atoms with Crippen molar-refractivity contribution in [3.8, 4) is 5.75 Å². The first-order valence-corrected chi connectivity index (χ1v) is 5.60. The molecule has 4 nitrogen and oxygen atoms in total. The number of nitrogens with one attached hydrogen (secondary N) is 1. The molecule has 0 unspecified atom stereocenters. The average molecular weight is 233 g/mol. The van der Waals surface area contributed by atoms with Gasteiger partial charge in [-0.05, 0) is 31.5 Å². The van der Waals surface area contributed by atoms with Crippen molar-refractivity contribution in [3.05, 3.63) is 30.0 Å². The SMILES string of the molecule is Cc1c(OCCCC(=O)O)ccc2[nH]ccc12. The maximum atomic E-state index is 10.4. The van der Waals surface area contributed by atoms with Gasteiger partial charge in [0.25, 0.3) is 0 Å². The lowest BCUT2D eigenvalue weighted by Crippen LogP contribution is -2.02. The molecule has 2 N–H and O–H groups in total. The Morgan fingerprint density at radius 3 is 3.00 bits per heavy atom. The summed E-state index contributed by atoms with van der Waals surface area (Å²) in [6, 6.07) is 5.89. The first kappa shape index (κ1) is 11.5. The van der Waals surface area contributed by atoms with Crippen molar-refractivity contribution in [1.29, 1.82) is 0 Å². The van der Waals surface area contributed by atoms with Crippen molar-refractivity contribution < 1.29 is 14.6 Å². The molecule has 4 heteroatoms. The van der Waals surface area contributed by atoms with Gasteiger partial charge in [0.2, 0.25) is 0 Å². The number of hydrogen-bond donors (Lipinski definition) is 2. The van der Waals surface area contributed by atoms with Crippen LogP contribution in [0.5, 0.6) is 5.75 Å². The number of H-pyrrole nitrogens is 1. The predicted octanol–water partition coefficient (Wildman–Crippen LogP) is 2.72. The van der Waals surface area contributed by atoms with Crippen molar-refractivity contribution in [2.45, 2.75) is 19.8 Å². The highest BCUT2D eigenvalue weighted by Crippen LogP contribution is 2.26. The maximum Gasteiger partial charge on any atom is 0.303 e. The number of benzene rings is 1. The van der Waals surface area contributed by atoms with E-state index in [1.807, 2.05) is 31.3 Å². The molecule has 0 aliphatic rings. The lowest BCUT2D eigenvalue weighted by Gasteiger charge is -2.09. The van der Waals surface area contributed by atoms with Crippen LogP contribution < -0.4 is 4.74 Å². The van der Waals surface area contributed by atoms with Gasteiger partial charge < -0.3 is 14.8 Å². The fraction of sp³-hybridized carbons (Fsp3) is 0.308. The number of aromatic amines is 1. The second-order valence-corrected chi connectivity index (χ2v) is 3.97. The van der Waals surface area contributed by atoms with Crippen molar-refractivity contribution in [1.82, 2.24) is 4.98 Å². The van der Waals surface area contributed by atoms with Crippen LogP contribution in [0.4, 0.5) is 0 Å². The second kappa shape index (κ2) is 4.91. The predicted molar refractivity (Wildman–Crippen MR) is 65.4 cm³/mol. The lowest BCUT2D eigenvalue weighted by molar-refractivity contribution is -0.137. The monoisotopic (exact) mass is 233 g/mol. The van der Waals surface area contributed by atoms with Crippen LogP contribution in [0.3, 0.4) is 0 Å². The van der Waals surface area contributed by atoms with Gasteiger partial charge in [0.15, 0.2) is 0 Å². The summed E-state index contributed by atoms with van der Waals surface area (Å²) in [7, 11) is 0. The first-order valence-electron chi connectivity index (χ1n) is 5.60. The summed E-state index contributed by atoms with van der Waals surface area (Å²) in [5.41, 5.74) is 2.17. The summed E-state index contributed by atoms with van der Waals surface area (Å²) in [6.45, 7) is 2.44. The standard InChI is InChI=1S/C13H15NO3/c1-9-10-6-7-14-11(10)4-5-12(9)17-8-2-3-13(15)16/h4-7,14H,2-3,8H2,1H3,(H,15,16). The molecule has 2 aromatic rings. The van der Waals surface area contributed by atoms with Gasteiger partial charge in [-0.1, -0.05) is 0 Å². The van der Waals surface area contributed by atoms with Gasteiger partial charge >= 0.3 is 5.97 Å². The molecule has 2 rings (SSSR count). The Bertz CT molecular complexity index is 530. The van der Waals surface area contributed by atoms with E-state index in [2.05, 4.69) is 4.98 Å². The highest BCUT2D eigenvalue weighted by molar-refractivity contribution is 5.84. The topological polar surface area (TPSA) is 62.3 Å². The van der Waals surface area contributed by atoms with E-state index in [1.54, 1.807) is 0 Å². The second-order valence-electron chi connectivity index (χ2n) is 3.97. The van der Waals surface area contributed by atoms with Gasteiger partial charge in [0, 0.05) is 29.1 Å². The smallest absolute Gasteiger partial charge is 0.303 e. The van der Waals surface area contributed by atoms with Crippen LogP contribution in [-0.4, -0.2) is 22.7 Å². The summed E-state index contributed by atoms with van der Waals surface area (Å²) in [5, 5.41) is 9.66. The lowest BCUT2D eigenvalue weighted by atomic mass is 10.1. The van der Waals surface area contributed by atoms with Crippen LogP contribution in [0.15, 0.2) is 24.4 Å². The number of aromatic nitrogens is 1. The fourth-order valence-corrected chi connectivity index (χ4v) is 1.83. The minimum Gasteiger partial charge on any atom is -0.493 e. The molecular weight excluding hydrogens is 218 g/mol. The Morgan fingerprint density at radius 1 is 1.41 bits per heavy atom. The third kappa shape index (κ3) is 2.58. The fourth-order valence-electron chi connectivity index (χ4n) is 1.83. The van der Waals surface area contributed by atoms with Gasteiger partial charge in [-0.25, -0.2) is 0 Å². The Kier molecular flexibility index (Phi) is 3.32. The van der Waals surface area contributed by atoms with Crippen LogP contribution >= 0.6 is 0 Å². The molecule has 1 aromatic carbocycles. The highest BCUT2D eigenvalue weighted by atomic mass is 16.5. The van der Waals surface area contributed by atoms with Crippen molar-refractivity contribution in [3.63, 3.8) is 0 Å². The molecule has 1 aromatic heterocycles. The molecule has 0 aliphatic heterocycles. The zero-order chi connectivity index (χ0) is 12.3. The molecule has 0 amide bonds. The van der Waals surface area contributed by atoms with Gasteiger partial charge in [-0.3, -0.25) is 4.79 Å². The molecule has 0 atom stereocenters. The van der Waals surface area contributed by atoms with Crippen LogP contribution in [-0.2, 0) is 4.79 Å². The van der Waals surface area contributed by atoms with Crippen molar-refractivity contribution in [2.75, 3.05) is 6.61 Å². The molecule has 0 radical (unpaired) electrons. The molecule has 1 heterocycles. The normalized spacial score (nSPS) is 10.6. The van der Waals surface area contributed by atoms with Crippen LogP contribution in [0.25, 0.3) is 10.9 Å². The van der Waals surface area contributed by atoms with E-state index in [1.165, 1.54) is 0 Å². The zero-order valence-electron chi connectivity index (χ0n) is 9.69. The minimum absolute atomic E-state index is 0.144. The number of aryl methyl sites for hydroxylation is 1. The third-order valence-corrected chi connectivity index (χ3v) is 2.75. The number of fused-ring (bicyclic) bond motifs is 1. The van der Waals surface area contributed by atoms with Crippen LogP contribution in [0, 0.1) is 6.92 Å². The minimum atomic E-state index is -0.786. The molecule has 0 fully saturated rings. The maximum absolute atomic E-state index is 10.4. The van der Waals surface area contributed by atoms with Gasteiger partial charge in [-0.2, -0.15) is 0 Å². The number of carbonyl (C=O) groups is 1. The van der Waals surface area contributed by atoms with E-state index in [0.29, 0.717) is 13.0 Å². The molecule has 17 heavy (non-hydrogen) atoms. The Hall–Kier alpha value is -1.97. The van der Waals surface area contributed by atoms with E-state index in [-0.39, 0.29) is 6.42 Å². The average Bonchev–Trinajstić information content (AvgIpc) is 2.75. The van der Waals surface area contributed by atoms with Gasteiger partial charge in [-0.15, -0.1) is 0 Å².